The molecule has 0 atom stereocenters. The fourth-order valence-electron chi connectivity index (χ4n) is 3.36. The standard InChI is InChI=1S/C21H24F3N3O3Si/c1-31(2,3)9-8-29-11-27-18-14(22)7-6-13(19(18)30-21(27)28)15-10-25-16(12-4-5-12)17(26-15)20(23)24/h6-7,10,12,20H,4-5,8-9,11H2,1-3H3. The Balaban J connectivity index is 1.71. The highest BCUT2D eigenvalue weighted by molar-refractivity contribution is 6.76. The number of halogens is 3. The van der Waals surface area contributed by atoms with Gasteiger partial charge in [0.25, 0.3) is 6.43 Å². The van der Waals surface area contributed by atoms with Crippen LogP contribution in [0, 0.1) is 5.82 Å². The third kappa shape index (κ3) is 4.59. The van der Waals surface area contributed by atoms with Gasteiger partial charge in [0.1, 0.15) is 17.9 Å². The number of aromatic nitrogens is 3. The molecule has 1 aliphatic carbocycles. The molecule has 1 fully saturated rings. The first-order valence-electron chi connectivity index (χ1n) is 10.2. The van der Waals surface area contributed by atoms with E-state index in [0.717, 1.165) is 29.5 Å². The first kappa shape index (κ1) is 21.8. The predicted molar refractivity (Wildman–Crippen MR) is 112 cm³/mol. The van der Waals surface area contributed by atoms with Crippen molar-refractivity contribution < 1.29 is 22.3 Å². The molecule has 31 heavy (non-hydrogen) atoms. The molecule has 1 aliphatic rings. The van der Waals surface area contributed by atoms with E-state index in [1.165, 1.54) is 12.3 Å². The molecule has 10 heteroatoms. The Morgan fingerprint density at radius 2 is 2.03 bits per heavy atom. The fourth-order valence-corrected chi connectivity index (χ4v) is 4.12. The number of hydrogen-bond donors (Lipinski definition) is 0. The van der Waals surface area contributed by atoms with Gasteiger partial charge in [-0.05, 0) is 31.0 Å². The van der Waals surface area contributed by atoms with Crippen molar-refractivity contribution in [3.8, 4) is 11.3 Å². The maximum atomic E-state index is 14.6. The third-order valence-corrected chi connectivity index (χ3v) is 6.96. The molecule has 0 unspecified atom stereocenters. The lowest BCUT2D eigenvalue weighted by Gasteiger charge is -2.15. The van der Waals surface area contributed by atoms with Gasteiger partial charge in [-0.1, -0.05) is 19.6 Å². The Kier molecular flexibility index (Phi) is 5.78. The summed E-state index contributed by atoms with van der Waals surface area (Å²) in [5.41, 5.74) is 0.104. The van der Waals surface area contributed by atoms with Crippen molar-refractivity contribution in [2.24, 2.45) is 0 Å². The van der Waals surface area contributed by atoms with Crippen molar-refractivity contribution in [2.45, 2.75) is 57.6 Å². The monoisotopic (exact) mass is 451 g/mol. The normalized spacial score (nSPS) is 14.7. The Morgan fingerprint density at radius 1 is 1.29 bits per heavy atom. The lowest BCUT2D eigenvalue weighted by Crippen LogP contribution is -2.23. The van der Waals surface area contributed by atoms with E-state index in [-0.39, 0.29) is 40.7 Å². The molecule has 0 amide bonds. The number of ether oxygens (including phenoxy) is 1. The van der Waals surface area contributed by atoms with Crippen LogP contribution in [0.3, 0.4) is 0 Å². The minimum Gasteiger partial charge on any atom is -0.407 e. The molecule has 0 spiro atoms. The van der Waals surface area contributed by atoms with Crippen LogP contribution >= 0.6 is 0 Å². The zero-order valence-electron chi connectivity index (χ0n) is 17.6. The number of nitrogens with zero attached hydrogens (tertiary/aromatic N) is 3. The van der Waals surface area contributed by atoms with E-state index in [9.17, 15) is 18.0 Å². The second-order valence-corrected chi connectivity index (χ2v) is 14.6. The lowest BCUT2D eigenvalue weighted by atomic mass is 10.1. The van der Waals surface area contributed by atoms with Gasteiger partial charge in [-0.2, -0.15) is 0 Å². The van der Waals surface area contributed by atoms with Crippen LogP contribution in [0.1, 0.15) is 36.6 Å². The Bertz CT molecular complexity index is 1170. The molecular weight excluding hydrogens is 427 g/mol. The van der Waals surface area contributed by atoms with Crippen LogP contribution in [0.5, 0.6) is 0 Å². The van der Waals surface area contributed by atoms with Gasteiger partial charge in [0.2, 0.25) is 0 Å². The summed E-state index contributed by atoms with van der Waals surface area (Å²) in [6, 6.07) is 3.40. The van der Waals surface area contributed by atoms with Crippen LogP contribution in [-0.2, 0) is 11.5 Å². The molecule has 1 aromatic carbocycles. The van der Waals surface area contributed by atoms with E-state index in [0.29, 0.717) is 12.3 Å². The van der Waals surface area contributed by atoms with Gasteiger partial charge < -0.3 is 9.15 Å². The average molecular weight is 452 g/mol. The van der Waals surface area contributed by atoms with Gasteiger partial charge in [0.15, 0.2) is 11.4 Å². The van der Waals surface area contributed by atoms with Crippen LogP contribution in [0.25, 0.3) is 22.4 Å². The Labute approximate surface area is 178 Å². The molecule has 2 aromatic heterocycles. The smallest absolute Gasteiger partial charge is 0.407 e. The van der Waals surface area contributed by atoms with Gasteiger partial charge in [-0.25, -0.2) is 27.5 Å². The summed E-state index contributed by atoms with van der Waals surface area (Å²) in [6.07, 6.45) is 0.206. The highest BCUT2D eigenvalue weighted by Crippen LogP contribution is 2.42. The zero-order chi connectivity index (χ0) is 22.3. The first-order valence-corrected chi connectivity index (χ1v) is 13.9. The number of hydrogen-bond acceptors (Lipinski definition) is 5. The molecule has 0 bridgehead atoms. The quantitative estimate of drug-likeness (QED) is 0.343. The molecule has 0 N–H and O–H groups in total. The summed E-state index contributed by atoms with van der Waals surface area (Å²) in [6.45, 7) is 6.88. The average Bonchev–Trinajstić information content (AvgIpc) is 3.48. The molecule has 3 aromatic rings. The highest BCUT2D eigenvalue weighted by Gasteiger charge is 2.32. The molecular formula is C21H24F3N3O3Si. The van der Waals surface area contributed by atoms with Crippen molar-refractivity contribution in [1.82, 2.24) is 14.5 Å². The maximum absolute atomic E-state index is 14.6. The topological polar surface area (TPSA) is 70.2 Å². The van der Waals surface area contributed by atoms with Gasteiger partial charge in [0, 0.05) is 26.2 Å². The minimum atomic E-state index is -2.78. The summed E-state index contributed by atoms with van der Waals surface area (Å²) >= 11 is 0. The molecule has 0 aliphatic heterocycles. The summed E-state index contributed by atoms with van der Waals surface area (Å²) in [4.78, 5) is 20.7. The maximum Gasteiger partial charge on any atom is 0.421 e. The van der Waals surface area contributed by atoms with Crippen molar-refractivity contribution >= 4 is 19.2 Å². The molecule has 1 saturated carbocycles. The van der Waals surface area contributed by atoms with Crippen molar-refractivity contribution in [3.05, 3.63) is 46.1 Å². The zero-order valence-corrected chi connectivity index (χ0v) is 18.6. The van der Waals surface area contributed by atoms with Gasteiger partial charge >= 0.3 is 5.76 Å². The van der Waals surface area contributed by atoms with E-state index in [1.54, 1.807) is 0 Å². The molecule has 0 saturated heterocycles. The predicted octanol–water partition coefficient (Wildman–Crippen LogP) is 5.32. The Morgan fingerprint density at radius 3 is 2.68 bits per heavy atom. The summed E-state index contributed by atoms with van der Waals surface area (Å²) < 4.78 is 53.7. The summed E-state index contributed by atoms with van der Waals surface area (Å²) in [5.74, 6) is -1.45. The fraction of sp³-hybridized carbons (Fsp3) is 0.476. The lowest BCUT2D eigenvalue weighted by molar-refractivity contribution is 0.0847. The van der Waals surface area contributed by atoms with E-state index in [4.69, 9.17) is 9.15 Å². The molecule has 4 rings (SSSR count). The molecule has 0 radical (unpaired) electrons. The summed E-state index contributed by atoms with van der Waals surface area (Å²) in [7, 11) is -1.32. The summed E-state index contributed by atoms with van der Waals surface area (Å²) in [5, 5.41) is 0. The van der Waals surface area contributed by atoms with Gasteiger partial charge in [-0.15, -0.1) is 0 Å². The number of oxazole rings is 1. The van der Waals surface area contributed by atoms with Gasteiger partial charge in [0.05, 0.1) is 17.6 Å². The minimum absolute atomic E-state index is 0.00566. The van der Waals surface area contributed by atoms with Crippen LogP contribution in [0.4, 0.5) is 13.2 Å². The first-order chi connectivity index (χ1) is 14.7. The number of alkyl halides is 2. The SMILES string of the molecule is C[Si](C)(C)CCOCn1c(=O)oc2c(-c3cnc(C4CC4)c(C(F)F)n3)ccc(F)c21. The van der Waals surface area contributed by atoms with Crippen molar-refractivity contribution in [3.63, 3.8) is 0 Å². The van der Waals surface area contributed by atoms with E-state index in [2.05, 4.69) is 29.6 Å². The number of rotatable bonds is 8. The van der Waals surface area contributed by atoms with Crippen molar-refractivity contribution in [1.29, 1.82) is 0 Å². The largest absolute Gasteiger partial charge is 0.421 e. The number of benzene rings is 1. The number of fused-ring (bicyclic) bond motifs is 1. The third-order valence-electron chi connectivity index (χ3n) is 5.25. The Hall–Kier alpha value is -2.46. The molecule has 6 nitrogen and oxygen atoms in total. The highest BCUT2D eigenvalue weighted by atomic mass is 28.3. The molecule has 166 valence electrons. The van der Waals surface area contributed by atoms with Crippen LogP contribution in [-0.4, -0.2) is 29.2 Å². The second kappa shape index (κ2) is 8.23. The van der Waals surface area contributed by atoms with Crippen LogP contribution in [0.15, 0.2) is 27.5 Å². The second-order valence-electron chi connectivity index (χ2n) is 9.02. The van der Waals surface area contributed by atoms with E-state index in [1.807, 2.05) is 0 Å². The van der Waals surface area contributed by atoms with E-state index >= 15 is 0 Å². The van der Waals surface area contributed by atoms with Crippen molar-refractivity contribution in [2.75, 3.05) is 6.61 Å². The van der Waals surface area contributed by atoms with E-state index < -0.39 is 26.1 Å². The van der Waals surface area contributed by atoms with Gasteiger partial charge in [-0.3, -0.25) is 4.98 Å². The van der Waals surface area contributed by atoms with Crippen LogP contribution in [0.2, 0.25) is 25.7 Å². The molecule has 2 heterocycles. The van der Waals surface area contributed by atoms with Crippen LogP contribution < -0.4 is 5.76 Å².